The number of fused-ring (bicyclic) bond motifs is 5. The molecule has 4 atom stereocenters. The van der Waals surface area contributed by atoms with Crippen LogP contribution in [0.3, 0.4) is 0 Å². The van der Waals surface area contributed by atoms with Gasteiger partial charge in [0, 0.05) is 11.7 Å². The molecule has 0 radical (unpaired) electrons. The molecule has 0 saturated heterocycles. The zero-order valence-corrected chi connectivity index (χ0v) is 12.4. The lowest BCUT2D eigenvalue weighted by Gasteiger charge is -2.13. The molecule has 20 heavy (non-hydrogen) atoms. The zero-order valence-electron chi connectivity index (χ0n) is 11.5. The smallest absolute Gasteiger partial charge is 0.241 e. The van der Waals surface area contributed by atoms with Crippen molar-refractivity contribution in [2.45, 2.75) is 37.1 Å². The van der Waals surface area contributed by atoms with E-state index >= 15 is 0 Å². The van der Waals surface area contributed by atoms with Crippen LogP contribution < -0.4 is 10.5 Å². The molecule has 4 unspecified atom stereocenters. The number of sulfonamides is 1. The number of anilines is 1. The Labute approximate surface area is 119 Å². The largest absolute Gasteiger partial charge is 0.399 e. The van der Waals surface area contributed by atoms with E-state index in [2.05, 4.69) is 4.72 Å². The minimum absolute atomic E-state index is 0.184. The molecule has 5 heteroatoms. The Bertz CT molecular complexity index is 654. The van der Waals surface area contributed by atoms with Gasteiger partial charge in [0.25, 0.3) is 0 Å². The average Bonchev–Trinajstić information content (AvgIpc) is 2.78. The quantitative estimate of drug-likeness (QED) is 0.836. The van der Waals surface area contributed by atoms with Gasteiger partial charge in [-0.05, 0) is 73.6 Å². The molecule has 108 valence electrons. The molecule has 0 heterocycles. The summed E-state index contributed by atoms with van der Waals surface area (Å²) in [7, 11) is -3.41. The third-order valence-electron chi connectivity index (χ3n) is 5.52. The van der Waals surface area contributed by atoms with Crippen molar-refractivity contribution in [2.24, 2.45) is 23.7 Å². The molecule has 4 nitrogen and oxygen atoms in total. The van der Waals surface area contributed by atoms with Gasteiger partial charge in [-0.15, -0.1) is 0 Å². The van der Waals surface area contributed by atoms with Crippen LogP contribution in [0.5, 0.6) is 0 Å². The van der Waals surface area contributed by atoms with Gasteiger partial charge in [-0.1, -0.05) is 0 Å². The van der Waals surface area contributed by atoms with Gasteiger partial charge in [-0.3, -0.25) is 0 Å². The number of aryl methyl sites for hydroxylation is 1. The van der Waals surface area contributed by atoms with Gasteiger partial charge >= 0.3 is 0 Å². The number of nitrogens with one attached hydrogen (secondary N) is 1. The van der Waals surface area contributed by atoms with Crippen LogP contribution in [-0.4, -0.2) is 14.5 Å². The number of nitrogen functional groups attached to an aromatic ring is 1. The van der Waals surface area contributed by atoms with Gasteiger partial charge in [-0.2, -0.15) is 0 Å². The first-order chi connectivity index (χ1) is 9.47. The summed E-state index contributed by atoms with van der Waals surface area (Å²) in [6.45, 7) is 1.79. The molecule has 0 aliphatic heterocycles. The molecule has 0 spiro atoms. The number of hydrogen-bond donors (Lipinski definition) is 2. The third-order valence-corrected chi connectivity index (χ3v) is 7.13. The standard InChI is InChI=1S/C15H20N2O2S/c1-8-6-11(16)4-5-12(8)20(18,19)17-15-13-9-2-3-10(7-9)14(13)15/h4-6,9-10,13-15,17H,2-3,7,16H2,1H3. The SMILES string of the molecule is Cc1cc(N)ccc1S(=O)(=O)NC1C2C3CCC(C3)C12. The molecular weight excluding hydrogens is 272 g/mol. The van der Waals surface area contributed by atoms with Crippen LogP contribution >= 0.6 is 0 Å². The van der Waals surface area contributed by atoms with Crippen molar-refractivity contribution in [3.63, 3.8) is 0 Å². The van der Waals surface area contributed by atoms with E-state index in [9.17, 15) is 8.42 Å². The first kappa shape index (κ1) is 12.7. The second-order valence-corrected chi connectivity index (χ2v) is 8.34. The molecule has 2 bridgehead atoms. The molecule has 3 N–H and O–H groups in total. The Balaban J connectivity index is 1.57. The van der Waals surface area contributed by atoms with E-state index in [0.717, 1.165) is 11.8 Å². The Morgan fingerprint density at radius 2 is 1.85 bits per heavy atom. The lowest BCUT2D eigenvalue weighted by Crippen LogP contribution is -2.30. The van der Waals surface area contributed by atoms with Gasteiger partial charge in [0.1, 0.15) is 0 Å². The number of nitrogens with two attached hydrogens (primary N) is 1. The summed E-state index contributed by atoms with van der Waals surface area (Å²) < 4.78 is 28.0. The van der Waals surface area contributed by atoms with Gasteiger partial charge in [-0.25, -0.2) is 13.1 Å². The van der Waals surface area contributed by atoms with Gasteiger partial charge < -0.3 is 5.73 Å². The van der Waals surface area contributed by atoms with Gasteiger partial charge in [0.15, 0.2) is 0 Å². The van der Waals surface area contributed by atoms with E-state index in [1.165, 1.54) is 19.3 Å². The topological polar surface area (TPSA) is 72.2 Å². The van der Waals surface area contributed by atoms with E-state index < -0.39 is 10.0 Å². The van der Waals surface area contributed by atoms with Crippen LogP contribution in [0.25, 0.3) is 0 Å². The van der Waals surface area contributed by atoms with Crippen LogP contribution in [-0.2, 0) is 10.0 Å². The highest BCUT2D eigenvalue weighted by Crippen LogP contribution is 2.65. The fourth-order valence-electron chi connectivity index (χ4n) is 4.70. The maximum atomic E-state index is 12.5. The molecule has 3 aliphatic carbocycles. The molecule has 3 saturated carbocycles. The maximum absolute atomic E-state index is 12.5. The maximum Gasteiger partial charge on any atom is 0.241 e. The number of benzene rings is 1. The second-order valence-electron chi connectivity index (χ2n) is 6.66. The van der Waals surface area contributed by atoms with Crippen LogP contribution in [0, 0.1) is 30.6 Å². The predicted molar refractivity (Wildman–Crippen MR) is 77.5 cm³/mol. The second kappa shape index (κ2) is 3.98. The Morgan fingerprint density at radius 3 is 2.45 bits per heavy atom. The summed E-state index contributed by atoms with van der Waals surface area (Å²) in [5.74, 6) is 2.76. The molecular formula is C15H20N2O2S. The van der Waals surface area contributed by atoms with Gasteiger partial charge in [0.2, 0.25) is 10.0 Å². The molecule has 1 aromatic rings. The van der Waals surface area contributed by atoms with Crippen LogP contribution in [0.4, 0.5) is 5.69 Å². The van der Waals surface area contributed by atoms with Crippen molar-refractivity contribution in [2.75, 3.05) is 5.73 Å². The minimum atomic E-state index is -3.41. The molecule has 0 amide bonds. The van der Waals surface area contributed by atoms with E-state index in [1.54, 1.807) is 25.1 Å². The summed E-state index contributed by atoms with van der Waals surface area (Å²) in [4.78, 5) is 0.365. The fraction of sp³-hybridized carbons (Fsp3) is 0.600. The summed E-state index contributed by atoms with van der Waals surface area (Å²) in [5, 5.41) is 0. The minimum Gasteiger partial charge on any atom is -0.399 e. The van der Waals surface area contributed by atoms with E-state index in [4.69, 9.17) is 5.73 Å². The highest BCUT2D eigenvalue weighted by atomic mass is 32.2. The van der Waals surface area contributed by atoms with E-state index in [1.807, 2.05) is 0 Å². The molecule has 3 fully saturated rings. The molecule has 0 aromatic heterocycles. The van der Waals surface area contributed by atoms with E-state index in [-0.39, 0.29) is 6.04 Å². The van der Waals surface area contributed by atoms with E-state index in [0.29, 0.717) is 28.0 Å². The zero-order chi connectivity index (χ0) is 14.1. The first-order valence-electron chi connectivity index (χ1n) is 7.36. The summed E-state index contributed by atoms with van der Waals surface area (Å²) >= 11 is 0. The van der Waals surface area contributed by atoms with Crippen molar-refractivity contribution in [1.82, 2.24) is 4.72 Å². The Kier molecular flexibility index (Phi) is 2.52. The molecule has 4 rings (SSSR count). The van der Waals surface area contributed by atoms with Crippen molar-refractivity contribution >= 4 is 15.7 Å². The third kappa shape index (κ3) is 1.72. The van der Waals surface area contributed by atoms with Crippen molar-refractivity contribution in [1.29, 1.82) is 0 Å². The predicted octanol–water partition coefficient (Wildman–Crippen LogP) is 1.90. The van der Waals surface area contributed by atoms with Crippen LogP contribution in [0.1, 0.15) is 24.8 Å². The normalized spacial score (nSPS) is 38.0. The lowest BCUT2D eigenvalue weighted by molar-refractivity contribution is 0.456. The first-order valence-corrected chi connectivity index (χ1v) is 8.84. The number of rotatable bonds is 3. The van der Waals surface area contributed by atoms with Crippen molar-refractivity contribution in [3.05, 3.63) is 23.8 Å². The average molecular weight is 292 g/mol. The van der Waals surface area contributed by atoms with Gasteiger partial charge in [0.05, 0.1) is 4.90 Å². The fourth-order valence-corrected chi connectivity index (χ4v) is 6.23. The summed E-state index contributed by atoms with van der Waals surface area (Å²) in [6.07, 6.45) is 3.92. The highest BCUT2D eigenvalue weighted by Gasteiger charge is 2.65. The Hall–Kier alpha value is -1.07. The summed E-state index contributed by atoms with van der Waals surface area (Å²) in [5.41, 5.74) is 7.00. The lowest BCUT2D eigenvalue weighted by atomic mass is 10.0. The highest BCUT2D eigenvalue weighted by molar-refractivity contribution is 7.89. The Morgan fingerprint density at radius 1 is 1.20 bits per heavy atom. The monoisotopic (exact) mass is 292 g/mol. The van der Waals surface area contributed by atoms with Crippen molar-refractivity contribution in [3.8, 4) is 0 Å². The number of hydrogen-bond acceptors (Lipinski definition) is 3. The van der Waals surface area contributed by atoms with Crippen LogP contribution in [0.15, 0.2) is 23.1 Å². The summed E-state index contributed by atoms with van der Waals surface area (Å²) in [6, 6.07) is 5.16. The molecule has 3 aliphatic rings. The molecule has 1 aromatic carbocycles. The van der Waals surface area contributed by atoms with Crippen LogP contribution in [0.2, 0.25) is 0 Å². The van der Waals surface area contributed by atoms with Crippen molar-refractivity contribution < 1.29 is 8.42 Å².